The van der Waals surface area contributed by atoms with Crippen LogP contribution in [0.4, 0.5) is 11.8 Å². The summed E-state index contributed by atoms with van der Waals surface area (Å²) in [5.41, 5.74) is 3.70. The molecule has 4 aromatic rings. The Bertz CT molecular complexity index is 1150. The molecule has 0 radical (unpaired) electrons. The number of hydrogen-bond acceptors (Lipinski definition) is 8. The van der Waals surface area contributed by atoms with Crippen LogP contribution < -0.4 is 10.6 Å². The van der Waals surface area contributed by atoms with Gasteiger partial charge in [0.25, 0.3) is 0 Å². The van der Waals surface area contributed by atoms with Crippen LogP contribution in [0, 0.1) is 0 Å². The molecule has 166 valence electrons. The van der Waals surface area contributed by atoms with Crippen molar-refractivity contribution in [3.63, 3.8) is 0 Å². The summed E-state index contributed by atoms with van der Waals surface area (Å²) in [4.78, 5) is 19.8. The number of aromatic nitrogens is 5. The molecular formula is C23H27N7OS. The van der Waals surface area contributed by atoms with Crippen LogP contribution in [0.5, 0.6) is 0 Å². The summed E-state index contributed by atoms with van der Waals surface area (Å²) in [7, 11) is 0. The number of pyridine rings is 1. The number of anilines is 2. The summed E-state index contributed by atoms with van der Waals surface area (Å²) in [6.07, 6.45) is 9.26. The molecule has 4 aromatic heterocycles. The summed E-state index contributed by atoms with van der Waals surface area (Å²) >= 11 is 1.69. The van der Waals surface area contributed by atoms with Gasteiger partial charge in [-0.25, -0.2) is 4.98 Å². The molecule has 32 heavy (non-hydrogen) atoms. The minimum absolute atomic E-state index is 0.134. The fraction of sp³-hybridized carbons (Fsp3) is 0.391. The number of nitrogens with zero attached hydrogens (tertiary/aromatic N) is 5. The SMILES string of the molecule is OCCCNc1nc(NCc2ccc(-c3cccs3)nc2)c2ncn(C3CCCC3)c2n1. The van der Waals surface area contributed by atoms with Gasteiger partial charge in [0, 0.05) is 31.9 Å². The van der Waals surface area contributed by atoms with Gasteiger partial charge in [-0.1, -0.05) is 25.0 Å². The highest BCUT2D eigenvalue weighted by Gasteiger charge is 2.21. The van der Waals surface area contributed by atoms with Crippen LogP contribution in [0.2, 0.25) is 0 Å². The molecule has 1 saturated carbocycles. The van der Waals surface area contributed by atoms with Gasteiger partial charge in [-0.2, -0.15) is 9.97 Å². The maximum Gasteiger partial charge on any atom is 0.226 e. The largest absolute Gasteiger partial charge is 0.396 e. The van der Waals surface area contributed by atoms with Crippen LogP contribution in [0.1, 0.15) is 43.7 Å². The van der Waals surface area contributed by atoms with Gasteiger partial charge in [0.2, 0.25) is 5.95 Å². The fourth-order valence-electron chi connectivity index (χ4n) is 4.13. The molecule has 0 amide bonds. The average Bonchev–Trinajstić information content (AvgIpc) is 3.59. The Kier molecular flexibility index (Phi) is 6.27. The number of fused-ring (bicyclic) bond motifs is 1. The van der Waals surface area contributed by atoms with E-state index in [4.69, 9.17) is 10.1 Å². The zero-order chi connectivity index (χ0) is 21.8. The molecule has 0 aliphatic heterocycles. The molecule has 5 rings (SSSR count). The predicted octanol–water partition coefficient (Wildman–Crippen LogP) is 4.47. The number of imidazole rings is 1. The monoisotopic (exact) mass is 449 g/mol. The van der Waals surface area contributed by atoms with Gasteiger partial charge in [-0.15, -0.1) is 11.3 Å². The van der Waals surface area contributed by atoms with E-state index in [0.717, 1.165) is 40.1 Å². The normalized spacial score (nSPS) is 14.3. The summed E-state index contributed by atoms with van der Waals surface area (Å²) in [5.74, 6) is 1.26. The van der Waals surface area contributed by atoms with E-state index in [9.17, 15) is 0 Å². The Balaban J connectivity index is 1.39. The molecule has 1 aliphatic rings. The van der Waals surface area contributed by atoms with Crippen molar-refractivity contribution in [2.45, 2.75) is 44.7 Å². The van der Waals surface area contributed by atoms with E-state index >= 15 is 0 Å². The molecular weight excluding hydrogens is 422 g/mol. The third-order valence-electron chi connectivity index (χ3n) is 5.82. The van der Waals surface area contributed by atoms with Crippen molar-refractivity contribution in [1.29, 1.82) is 0 Å². The van der Waals surface area contributed by atoms with Gasteiger partial charge in [0.05, 0.1) is 16.9 Å². The Morgan fingerprint density at radius 3 is 2.75 bits per heavy atom. The van der Waals surface area contributed by atoms with Crippen LogP contribution in [0.3, 0.4) is 0 Å². The van der Waals surface area contributed by atoms with Gasteiger partial charge >= 0.3 is 0 Å². The van der Waals surface area contributed by atoms with Crippen LogP contribution in [-0.4, -0.2) is 42.8 Å². The van der Waals surface area contributed by atoms with Gasteiger partial charge in [0.1, 0.15) is 0 Å². The second kappa shape index (κ2) is 9.62. The molecule has 1 aliphatic carbocycles. The molecule has 0 bridgehead atoms. The Labute approximate surface area is 190 Å². The van der Waals surface area contributed by atoms with E-state index in [1.165, 1.54) is 12.8 Å². The van der Waals surface area contributed by atoms with Gasteiger partial charge in [-0.05, 0) is 42.3 Å². The maximum atomic E-state index is 9.10. The Morgan fingerprint density at radius 1 is 1.09 bits per heavy atom. The van der Waals surface area contributed by atoms with E-state index in [0.29, 0.717) is 37.3 Å². The van der Waals surface area contributed by atoms with E-state index in [1.54, 1.807) is 11.3 Å². The highest BCUT2D eigenvalue weighted by Crippen LogP contribution is 2.33. The first-order chi connectivity index (χ1) is 15.8. The van der Waals surface area contributed by atoms with E-state index < -0.39 is 0 Å². The second-order valence-corrected chi connectivity index (χ2v) is 8.99. The molecule has 0 spiro atoms. The quantitative estimate of drug-likeness (QED) is 0.324. The minimum atomic E-state index is 0.134. The van der Waals surface area contributed by atoms with E-state index in [2.05, 4.69) is 53.7 Å². The summed E-state index contributed by atoms with van der Waals surface area (Å²) in [5, 5.41) is 17.8. The molecule has 1 fully saturated rings. The summed E-state index contributed by atoms with van der Waals surface area (Å²) in [6, 6.07) is 8.70. The van der Waals surface area contributed by atoms with Crippen molar-refractivity contribution in [2.75, 3.05) is 23.8 Å². The van der Waals surface area contributed by atoms with Crippen molar-refractivity contribution in [1.82, 2.24) is 24.5 Å². The first-order valence-corrected chi connectivity index (χ1v) is 12.0. The molecule has 3 N–H and O–H groups in total. The molecule has 0 aromatic carbocycles. The van der Waals surface area contributed by atoms with Crippen molar-refractivity contribution in [3.05, 3.63) is 47.7 Å². The van der Waals surface area contributed by atoms with E-state index in [1.807, 2.05) is 18.6 Å². The Morgan fingerprint density at radius 2 is 2.00 bits per heavy atom. The van der Waals surface area contributed by atoms with Crippen molar-refractivity contribution >= 4 is 34.3 Å². The Hall–Kier alpha value is -3.04. The van der Waals surface area contributed by atoms with Gasteiger partial charge in [-0.3, -0.25) is 4.98 Å². The highest BCUT2D eigenvalue weighted by atomic mass is 32.1. The maximum absolute atomic E-state index is 9.10. The highest BCUT2D eigenvalue weighted by molar-refractivity contribution is 7.13. The predicted molar refractivity (Wildman–Crippen MR) is 128 cm³/mol. The zero-order valence-corrected chi connectivity index (χ0v) is 18.7. The third-order valence-corrected chi connectivity index (χ3v) is 6.71. The molecule has 0 saturated heterocycles. The van der Waals surface area contributed by atoms with Gasteiger partial charge < -0.3 is 20.3 Å². The number of rotatable bonds is 9. The summed E-state index contributed by atoms with van der Waals surface area (Å²) in [6.45, 7) is 1.35. The smallest absolute Gasteiger partial charge is 0.226 e. The van der Waals surface area contributed by atoms with Crippen molar-refractivity contribution in [2.24, 2.45) is 0 Å². The lowest BCUT2D eigenvalue weighted by Gasteiger charge is -2.14. The average molecular weight is 450 g/mol. The van der Waals surface area contributed by atoms with Crippen LogP contribution >= 0.6 is 11.3 Å². The second-order valence-electron chi connectivity index (χ2n) is 8.04. The molecule has 0 atom stereocenters. The van der Waals surface area contributed by atoms with Crippen LogP contribution in [0.15, 0.2) is 42.2 Å². The van der Waals surface area contributed by atoms with Crippen LogP contribution in [0.25, 0.3) is 21.7 Å². The molecule has 9 heteroatoms. The first kappa shape index (κ1) is 20.8. The van der Waals surface area contributed by atoms with Crippen LogP contribution in [-0.2, 0) is 6.54 Å². The topological polar surface area (TPSA) is 101 Å². The lowest BCUT2D eigenvalue weighted by atomic mass is 10.2. The first-order valence-electron chi connectivity index (χ1n) is 11.1. The lowest BCUT2D eigenvalue weighted by Crippen LogP contribution is -2.11. The number of aliphatic hydroxyl groups excluding tert-OH is 1. The third kappa shape index (κ3) is 4.44. The number of hydrogen-bond donors (Lipinski definition) is 3. The lowest BCUT2D eigenvalue weighted by molar-refractivity contribution is 0.292. The summed E-state index contributed by atoms with van der Waals surface area (Å²) < 4.78 is 2.20. The molecule has 4 heterocycles. The zero-order valence-electron chi connectivity index (χ0n) is 17.9. The van der Waals surface area contributed by atoms with Crippen molar-refractivity contribution in [3.8, 4) is 10.6 Å². The molecule has 8 nitrogen and oxygen atoms in total. The fourth-order valence-corrected chi connectivity index (χ4v) is 4.84. The minimum Gasteiger partial charge on any atom is -0.396 e. The van der Waals surface area contributed by atoms with Gasteiger partial charge in [0.15, 0.2) is 17.0 Å². The standard InChI is InChI=1S/C23H27N7OS/c31-11-4-10-24-23-28-21(20-22(29-23)30(15-27-20)17-5-1-2-6-17)26-14-16-8-9-18(25-13-16)19-7-3-12-32-19/h3,7-9,12-13,15,17,31H,1-2,4-6,10-11,14H2,(H2,24,26,28,29). The van der Waals surface area contributed by atoms with E-state index in [-0.39, 0.29) is 6.61 Å². The van der Waals surface area contributed by atoms with Crippen molar-refractivity contribution < 1.29 is 5.11 Å². The number of aliphatic hydroxyl groups is 1. The number of thiophene rings is 1. The number of nitrogens with one attached hydrogen (secondary N) is 2. The molecule has 0 unspecified atom stereocenters.